The first-order valence-corrected chi connectivity index (χ1v) is 7.70. The number of benzene rings is 1. The zero-order chi connectivity index (χ0) is 18.3. The second kappa shape index (κ2) is 6.35. The minimum absolute atomic E-state index is 0.00613. The van der Waals surface area contributed by atoms with Gasteiger partial charge in [-0.15, -0.1) is 0 Å². The van der Waals surface area contributed by atoms with Gasteiger partial charge in [0.2, 0.25) is 0 Å². The Bertz CT molecular complexity index is 844. The van der Waals surface area contributed by atoms with Crippen LogP contribution in [0.2, 0.25) is 0 Å². The Morgan fingerprint density at radius 2 is 1.64 bits per heavy atom. The van der Waals surface area contributed by atoms with Crippen molar-refractivity contribution in [3.05, 3.63) is 46.9 Å². The van der Waals surface area contributed by atoms with Crippen molar-refractivity contribution in [3.63, 3.8) is 0 Å². The quantitative estimate of drug-likeness (QED) is 0.727. The normalized spacial score (nSPS) is 22.8. The molecule has 1 aliphatic heterocycles. The Kier molecular flexibility index (Phi) is 4.37. The standard InChI is InChI=1S/C17H16F3N5/c1-7-15(8(2)25-24-7)14-5-10(11(6-21)17(22)23-14)9-3-12(18)16(20)13(19)4-9/h3-5,7-8,15,24-25H,1-2H3,(H2,22,23). The maximum atomic E-state index is 13.6. The summed E-state index contributed by atoms with van der Waals surface area (Å²) in [6, 6.07) is 5.23. The van der Waals surface area contributed by atoms with E-state index in [0.29, 0.717) is 5.69 Å². The smallest absolute Gasteiger partial charge is 0.194 e. The summed E-state index contributed by atoms with van der Waals surface area (Å²) in [6.45, 7) is 3.91. The van der Waals surface area contributed by atoms with Crippen LogP contribution in [0.1, 0.15) is 31.0 Å². The second-order valence-corrected chi connectivity index (χ2v) is 6.11. The Labute approximate surface area is 142 Å². The highest BCUT2D eigenvalue weighted by Crippen LogP contribution is 2.34. The van der Waals surface area contributed by atoms with Crippen LogP contribution < -0.4 is 16.6 Å². The number of hydrogen-bond acceptors (Lipinski definition) is 5. The molecule has 130 valence electrons. The first-order chi connectivity index (χ1) is 11.8. The molecule has 0 aliphatic carbocycles. The van der Waals surface area contributed by atoms with Crippen molar-refractivity contribution >= 4 is 5.82 Å². The van der Waals surface area contributed by atoms with Crippen LogP contribution in [0.3, 0.4) is 0 Å². The number of nitriles is 1. The fraction of sp³-hybridized carbons (Fsp3) is 0.294. The number of rotatable bonds is 2. The van der Waals surface area contributed by atoms with Gasteiger partial charge >= 0.3 is 0 Å². The molecular formula is C17H16F3N5. The molecule has 2 heterocycles. The molecule has 0 bridgehead atoms. The van der Waals surface area contributed by atoms with Gasteiger partial charge in [0.1, 0.15) is 17.5 Å². The SMILES string of the molecule is CC1NNC(C)C1c1cc(-c2cc(F)c(F)c(F)c2)c(C#N)c(N)n1. The van der Waals surface area contributed by atoms with E-state index < -0.39 is 17.5 Å². The van der Waals surface area contributed by atoms with Gasteiger partial charge in [0.15, 0.2) is 17.5 Å². The summed E-state index contributed by atoms with van der Waals surface area (Å²) in [4.78, 5) is 4.29. The molecule has 25 heavy (non-hydrogen) atoms. The summed E-state index contributed by atoms with van der Waals surface area (Å²) in [5.74, 6) is -4.32. The predicted molar refractivity (Wildman–Crippen MR) is 86.6 cm³/mol. The van der Waals surface area contributed by atoms with Crippen molar-refractivity contribution in [2.45, 2.75) is 31.8 Å². The number of nitrogen functional groups attached to an aromatic ring is 1. The van der Waals surface area contributed by atoms with E-state index in [4.69, 9.17) is 5.73 Å². The first-order valence-electron chi connectivity index (χ1n) is 7.70. The van der Waals surface area contributed by atoms with Gasteiger partial charge in [-0.1, -0.05) is 0 Å². The third-order valence-electron chi connectivity index (χ3n) is 4.43. The van der Waals surface area contributed by atoms with Gasteiger partial charge in [-0.2, -0.15) is 5.26 Å². The molecule has 1 saturated heterocycles. The Morgan fingerprint density at radius 3 is 2.16 bits per heavy atom. The highest BCUT2D eigenvalue weighted by Gasteiger charge is 2.33. The van der Waals surface area contributed by atoms with E-state index in [9.17, 15) is 18.4 Å². The maximum absolute atomic E-state index is 13.6. The number of nitrogens with one attached hydrogen (secondary N) is 2. The van der Waals surface area contributed by atoms with E-state index in [2.05, 4.69) is 15.8 Å². The van der Waals surface area contributed by atoms with Gasteiger partial charge in [0.25, 0.3) is 0 Å². The molecule has 2 unspecified atom stereocenters. The zero-order valence-corrected chi connectivity index (χ0v) is 13.6. The molecule has 5 nitrogen and oxygen atoms in total. The van der Waals surface area contributed by atoms with E-state index in [-0.39, 0.29) is 40.5 Å². The average Bonchev–Trinajstić information content (AvgIpc) is 2.90. The number of nitrogens with two attached hydrogens (primary N) is 1. The number of hydrazine groups is 1. The number of pyridine rings is 1. The third-order valence-corrected chi connectivity index (χ3v) is 4.43. The van der Waals surface area contributed by atoms with Gasteiger partial charge in [-0.3, -0.25) is 10.9 Å². The van der Waals surface area contributed by atoms with E-state index in [0.717, 1.165) is 12.1 Å². The lowest BCUT2D eigenvalue weighted by Crippen LogP contribution is -2.30. The van der Waals surface area contributed by atoms with Crippen LogP contribution in [0.5, 0.6) is 0 Å². The molecule has 4 N–H and O–H groups in total. The van der Waals surface area contributed by atoms with E-state index in [1.54, 1.807) is 6.07 Å². The number of aromatic nitrogens is 1. The average molecular weight is 347 g/mol. The summed E-state index contributed by atoms with van der Waals surface area (Å²) in [7, 11) is 0. The summed E-state index contributed by atoms with van der Waals surface area (Å²) in [6.07, 6.45) is 0. The minimum atomic E-state index is -1.56. The molecule has 3 rings (SSSR count). The number of hydrogen-bond donors (Lipinski definition) is 3. The number of nitrogens with zero attached hydrogens (tertiary/aromatic N) is 2. The number of halogens is 3. The van der Waals surface area contributed by atoms with Gasteiger partial charge < -0.3 is 5.73 Å². The van der Waals surface area contributed by atoms with Crippen LogP contribution in [0.4, 0.5) is 19.0 Å². The maximum Gasteiger partial charge on any atom is 0.194 e. The molecule has 1 aromatic heterocycles. The molecule has 2 atom stereocenters. The molecular weight excluding hydrogens is 331 g/mol. The molecule has 1 aliphatic rings. The van der Waals surface area contributed by atoms with Crippen molar-refractivity contribution in [2.24, 2.45) is 0 Å². The molecule has 0 saturated carbocycles. The molecule has 0 amide bonds. The number of anilines is 1. The minimum Gasteiger partial charge on any atom is -0.383 e. The van der Waals surface area contributed by atoms with Crippen molar-refractivity contribution < 1.29 is 13.2 Å². The Morgan fingerprint density at radius 1 is 1.08 bits per heavy atom. The van der Waals surface area contributed by atoms with Crippen LogP contribution in [-0.4, -0.2) is 17.1 Å². The van der Waals surface area contributed by atoms with E-state index in [1.807, 2.05) is 19.9 Å². The molecule has 8 heteroatoms. The van der Waals surface area contributed by atoms with Crippen molar-refractivity contribution in [2.75, 3.05) is 5.73 Å². The highest BCUT2D eigenvalue weighted by molar-refractivity contribution is 5.76. The van der Waals surface area contributed by atoms with E-state index >= 15 is 0 Å². The van der Waals surface area contributed by atoms with Crippen molar-refractivity contribution in [3.8, 4) is 17.2 Å². The van der Waals surface area contributed by atoms with E-state index in [1.165, 1.54) is 0 Å². The van der Waals surface area contributed by atoms with Crippen LogP contribution in [0.15, 0.2) is 18.2 Å². The third kappa shape index (κ3) is 2.92. The molecule has 1 aromatic carbocycles. The first kappa shape index (κ1) is 17.2. The fourth-order valence-electron chi connectivity index (χ4n) is 3.20. The lowest BCUT2D eigenvalue weighted by Gasteiger charge is -2.19. The topological polar surface area (TPSA) is 86.8 Å². The Hall–Kier alpha value is -2.63. The molecule has 0 spiro atoms. The molecule has 2 aromatic rings. The van der Waals surface area contributed by atoms with Gasteiger partial charge in [0.05, 0.1) is 0 Å². The highest BCUT2D eigenvalue weighted by atomic mass is 19.2. The van der Waals surface area contributed by atoms with Crippen LogP contribution in [0, 0.1) is 28.8 Å². The lowest BCUT2D eigenvalue weighted by atomic mass is 9.89. The van der Waals surface area contributed by atoms with Gasteiger partial charge in [-0.25, -0.2) is 18.2 Å². The molecule has 0 radical (unpaired) electrons. The fourth-order valence-corrected chi connectivity index (χ4v) is 3.20. The predicted octanol–water partition coefficient (Wildman–Crippen LogP) is 2.59. The van der Waals surface area contributed by atoms with Gasteiger partial charge in [-0.05, 0) is 37.6 Å². The Balaban J connectivity index is 2.21. The van der Waals surface area contributed by atoms with Crippen LogP contribution >= 0.6 is 0 Å². The van der Waals surface area contributed by atoms with Crippen LogP contribution in [-0.2, 0) is 0 Å². The van der Waals surface area contributed by atoms with Crippen molar-refractivity contribution in [1.29, 1.82) is 5.26 Å². The summed E-state index contributed by atoms with van der Waals surface area (Å²) in [5, 5.41) is 9.36. The zero-order valence-electron chi connectivity index (χ0n) is 13.6. The van der Waals surface area contributed by atoms with Crippen LogP contribution in [0.25, 0.3) is 11.1 Å². The monoisotopic (exact) mass is 347 g/mol. The summed E-state index contributed by atoms with van der Waals surface area (Å²) < 4.78 is 40.5. The second-order valence-electron chi connectivity index (χ2n) is 6.11. The molecule has 1 fully saturated rings. The van der Waals surface area contributed by atoms with Crippen molar-refractivity contribution in [1.82, 2.24) is 15.8 Å². The summed E-state index contributed by atoms with van der Waals surface area (Å²) >= 11 is 0. The van der Waals surface area contributed by atoms with Gasteiger partial charge in [0, 0.05) is 29.3 Å². The summed E-state index contributed by atoms with van der Waals surface area (Å²) in [5.41, 5.74) is 12.9. The largest absolute Gasteiger partial charge is 0.383 e. The lowest BCUT2D eigenvalue weighted by molar-refractivity contribution is 0.447.